The summed E-state index contributed by atoms with van der Waals surface area (Å²) in [5.74, 6) is 0.573. The molecular formula is C14H17N3. The fourth-order valence-electron chi connectivity index (χ4n) is 2.63. The third kappa shape index (κ3) is 2.11. The third-order valence-electron chi connectivity index (χ3n) is 3.44. The van der Waals surface area contributed by atoms with Crippen molar-refractivity contribution < 1.29 is 0 Å². The van der Waals surface area contributed by atoms with Crippen LogP contribution in [-0.2, 0) is 20.0 Å². The van der Waals surface area contributed by atoms with Gasteiger partial charge in [-0.2, -0.15) is 5.10 Å². The first-order valence-electron chi connectivity index (χ1n) is 6.09. The maximum absolute atomic E-state index is 4.23. The Labute approximate surface area is 101 Å². The van der Waals surface area contributed by atoms with Gasteiger partial charge in [0.2, 0.25) is 0 Å². The van der Waals surface area contributed by atoms with Gasteiger partial charge in [0, 0.05) is 32.3 Å². The Kier molecular flexibility index (Phi) is 2.69. The van der Waals surface area contributed by atoms with E-state index in [-0.39, 0.29) is 0 Å². The molecule has 3 rings (SSSR count). The van der Waals surface area contributed by atoms with Crippen LogP contribution in [0.3, 0.4) is 0 Å². The molecule has 0 amide bonds. The van der Waals surface area contributed by atoms with Crippen molar-refractivity contribution in [3.63, 3.8) is 0 Å². The molecule has 3 nitrogen and oxygen atoms in total. The minimum Gasteiger partial charge on any atom is -0.312 e. The molecule has 2 aromatic rings. The molecule has 1 unspecified atom stereocenters. The van der Waals surface area contributed by atoms with Crippen LogP contribution in [0.2, 0.25) is 0 Å². The van der Waals surface area contributed by atoms with E-state index in [0.29, 0.717) is 5.92 Å². The largest absolute Gasteiger partial charge is 0.312 e. The molecule has 1 atom stereocenters. The summed E-state index contributed by atoms with van der Waals surface area (Å²) in [4.78, 5) is 0. The molecule has 1 aromatic heterocycles. The minimum absolute atomic E-state index is 0.573. The monoisotopic (exact) mass is 227 g/mol. The van der Waals surface area contributed by atoms with E-state index < -0.39 is 0 Å². The van der Waals surface area contributed by atoms with Crippen molar-refractivity contribution in [2.24, 2.45) is 7.05 Å². The van der Waals surface area contributed by atoms with E-state index in [2.05, 4.69) is 40.9 Å². The molecule has 0 saturated carbocycles. The quantitative estimate of drug-likeness (QED) is 0.848. The second kappa shape index (κ2) is 4.34. The Morgan fingerprint density at radius 1 is 1.41 bits per heavy atom. The van der Waals surface area contributed by atoms with Crippen molar-refractivity contribution in [3.8, 4) is 0 Å². The van der Waals surface area contributed by atoms with E-state index >= 15 is 0 Å². The zero-order valence-electron chi connectivity index (χ0n) is 10.1. The predicted molar refractivity (Wildman–Crippen MR) is 67.8 cm³/mol. The van der Waals surface area contributed by atoms with Gasteiger partial charge in [-0.3, -0.25) is 4.68 Å². The summed E-state index contributed by atoms with van der Waals surface area (Å²) in [7, 11) is 1.97. The molecule has 88 valence electrons. The van der Waals surface area contributed by atoms with Gasteiger partial charge < -0.3 is 5.32 Å². The SMILES string of the molecule is Cn1cc(CC2CNCc3ccccc32)cn1. The fourth-order valence-corrected chi connectivity index (χ4v) is 2.63. The van der Waals surface area contributed by atoms with Crippen LogP contribution < -0.4 is 5.32 Å². The van der Waals surface area contributed by atoms with Gasteiger partial charge in [-0.1, -0.05) is 24.3 Å². The zero-order valence-corrected chi connectivity index (χ0v) is 10.1. The van der Waals surface area contributed by atoms with Gasteiger partial charge in [-0.25, -0.2) is 0 Å². The highest BCUT2D eigenvalue weighted by Gasteiger charge is 2.19. The number of benzene rings is 1. The van der Waals surface area contributed by atoms with Crippen LogP contribution >= 0.6 is 0 Å². The van der Waals surface area contributed by atoms with Crippen LogP contribution in [0.15, 0.2) is 36.7 Å². The average molecular weight is 227 g/mol. The minimum atomic E-state index is 0.573. The second-order valence-electron chi connectivity index (χ2n) is 4.75. The van der Waals surface area contributed by atoms with Crippen molar-refractivity contribution in [1.29, 1.82) is 0 Å². The first-order chi connectivity index (χ1) is 8.33. The van der Waals surface area contributed by atoms with Gasteiger partial charge in [0.1, 0.15) is 0 Å². The highest BCUT2D eigenvalue weighted by Crippen LogP contribution is 2.26. The van der Waals surface area contributed by atoms with Gasteiger partial charge >= 0.3 is 0 Å². The molecule has 0 aliphatic carbocycles. The predicted octanol–water partition coefficient (Wildman–Crippen LogP) is 1.85. The molecule has 1 aliphatic heterocycles. The number of hydrogen-bond acceptors (Lipinski definition) is 2. The van der Waals surface area contributed by atoms with Crippen LogP contribution in [0.4, 0.5) is 0 Å². The second-order valence-corrected chi connectivity index (χ2v) is 4.75. The first kappa shape index (κ1) is 10.5. The number of aromatic nitrogens is 2. The maximum Gasteiger partial charge on any atom is 0.0521 e. The maximum atomic E-state index is 4.23. The van der Waals surface area contributed by atoms with Gasteiger partial charge in [0.15, 0.2) is 0 Å². The number of fused-ring (bicyclic) bond motifs is 1. The van der Waals surface area contributed by atoms with Gasteiger partial charge in [0.05, 0.1) is 6.20 Å². The summed E-state index contributed by atoms with van der Waals surface area (Å²) in [5.41, 5.74) is 4.25. The molecule has 0 fully saturated rings. The topological polar surface area (TPSA) is 29.9 Å². The molecule has 1 N–H and O–H groups in total. The number of aryl methyl sites for hydroxylation is 1. The number of nitrogens with zero attached hydrogens (tertiary/aromatic N) is 2. The summed E-state index contributed by atoms with van der Waals surface area (Å²) < 4.78 is 1.87. The van der Waals surface area contributed by atoms with Gasteiger partial charge in [-0.15, -0.1) is 0 Å². The Morgan fingerprint density at radius 2 is 2.29 bits per heavy atom. The Bertz CT molecular complexity index is 516. The molecule has 17 heavy (non-hydrogen) atoms. The molecule has 0 saturated heterocycles. The molecule has 3 heteroatoms. The van der Waals surface area contributed by atoms with E-state index in [1.807, 2.05) is 17.9 Å². The lowest BCUT2D eigenvalue weighted by Gasteiger charge is -2.26. The summed E-state index contributed by atoms with van der Waals surface area (Å²) in [6, 6.07) is 8.74. The average Bonchev–Trinajstić information content (AvgIpc) is 2.75. The molecule has 0 bridgehead atoms. The standard InChI is InChI=1S/C14H17N3/c1-17-10-11(7-16-17)6-13-9-15-8-12-4-2-3-5-14(12)13/h2-5,7,10,13,15H,6,8-9H2,1H3. The van der Waals surface area contributed by atoms with E-state index in [4.69, 9.17) is 0 Å². The zero-order chi connectivity index (χ0) is 11.7. The Hall–Kier alpha value is -1.61. The smallest absolute Gasteiger partial charge is 0.0521 e. The van der Waals surface area contributed by atoms with Crippen molar-refractivity contribution in [2.45, 2.75) is 18.9 Å². The molecule has 1 aromatic carbocycles. The summed E-state index contributed by atoms with van der Waals surface area (Å²) >= 11 is 0. The fraction of sp³-hybridized carbons (Fsp3) is 0.357. The summed E-state index contributed by atoms with van der Waals surface area (Å²) in [6.45, 7) is 2.06. The number of rotatable bonds is 2. The van der Waals surface area contributed by atoms with Crippen LogP contribution in [-0.4, -0.2) is 16.3 Å². The van der Waals surface area contributed by atoms with Crippen molar-refractivity contribution in [1.82, 2.24) is 15.1 Å². The molecular weight excluding hydrogens is 210 g/mol. The number of hydrogen-bond donors (Lipinski definition) is 1. The van der Waals surface area contributed by atoms with Crippen LogP contribution in [0.25, 0.3) is 0 Å². The summed E-state index contributed by atoms with van der Waals surface area (Å²) in [6.07, 6.45) is 5.15. The first-order valence-corrected chi connectivity index (χ1v) is 6.09. The van der Waals surface area contributed by atoms with E-state index in [0.717, 1.165) is 19.5 Å². The van der Waals surface area contributed by atoms with Crippen LogP contribution in [0.1, 0.15) is 22.6 Å². The highest BCUT2D eigenvalue weighted by atomic mass is 15.2. The van der Waals surface area contributed by atoms with Crippen molar-refractivity contribution in [2.75, 3.05) is 6.54 Å². The Balaban J connectivity index is 1.85. The molecule has 1 aliphatic rings. The molecule has 0 spiro atoms. The van der Waals surface area contributed by atoms with E-state index in [1.165, 1.54) is 16.7 Å². The van der Waals surface area contributed by atoms with E-state index in [1.54, 1.807) is 0 Å². The van der Waals surface area contributed by atoms with Crippen molar-refractivity contribution in [3.05, 3.63) is 53.3 Å². The van der Waals surface area contributed by atoms with Crippen LogP contribution in [0.5, 0.6) is 0 Å². The van der Waals surface area contributed by atoms with Gasteiger partial charge in [0.25, 0.3) is 0 Å². The molecule has 2 heterocycles. The Morgan fingerprint density at radius 3 is 3.12 bits per heavy atom. The lowest BCUT2D eigenvalue weighted by molar-refractivity contribution is 0.539. The number of nitrogens with one attached hydrogen (secondary N) is 1. The summed E-state index contributed by atoms with van der Waals surface area (Å²) in [5, 5.41) is 7.73. The lowest BCUT2D eigenvalue weighted by atomic mass is 9.87. The highest BCUT2D eigenvalue weighted by molar-refractivity contribution is 5.33. The lowest BCUT2D eigenvalue weighted by Crippen LogP contribution is -2.29. The molecule has 0 radical (unpaired) electrons. The van der Waals surface area contributed by atoms with Gasteiger partial charge in [-0.05, 0) is 23.1 Å². The van der Waals surface area contributed by atoms with E-state index in [9.17, 15) is 0 Å². The third-order valence-corrected chi connectivity index (χ3v) is 3.44. The normalized spacial score (nSPS) is 19.0. The van der Waals surface area contributed by atoms with Crippen LogP contribution in [0, 0.1) is 0 Å². The van der Waals surface area contributed by atoms with Crippen molar-refractivity contribution >= 4 is 0 Å².